The second-order valence-corrected chi connectivity index (χ2v) is 7.07. The Morgan fingerprint density at radius 2 is 2.14 bits per heavy atom. The maximum atomic E-state index is 12.8. The third-order valence-corrected chi connectivity index (χ3v) is 5.62. The summed E-state index contributed by atoms with van der Waals surface area (Å²) < 4.78 is 37.6. The molecule has 1 fully saturated rings. The Balaban J connectivity index is 2.37. The number of benzene rings is 1. The van der Waals surface area contributed by atoms with Crippen molar-refractivity contribution < 1.29 is 17.9 Å². The Labute approximate surface area is 130 Å². The minimum atomic E-state index is -3.52. The van der Waals surface area contributed by atoms with Gasteiger partial charge in [0.05, 0.1) is 18.6 Å². The molecule has 7 heteroatoms. The van der Waals surface area contributed by atoms with Crippen LogP contribution in [0.2, 0.25) is 0 Å². The molecule has 0 atom stereocenters. The molecule has 0 aromatic heterocycles. The van der Waals surface area contributed by atoms with Crippen LogP contribution in [-0.4, -0.2) is 52.0 Å². The Morgan fingerprint density at radius 1 is 1.33 bits per heavy atom. The van der Waals surface area contributed by atoms with Gasteiger partial charge < -0.3 is 9.47 Å². The normalized spacial score (nSPS) is 17.4. The van der Waals surface area contributed by atoms with Crippen LogP contribution in [0.1, 0.15) is 12.0 Å². The van der Waals surface area contributed by atoms with Crippen LogP contribution in [0.4, 0.5) is 0 Å². The number of hydrogen-bond acceptors (Lipinski definition) is 4. The zero-order valence-electron chi connectivity index (χ0n) is 12.0. The van der Waals surface area contributed by atoms with E-state index < -0.39 is 10.0 Å². The molecule has 1 aliphatic rings. The highest BCUT2D eigenvalue weighted by Crippen LogP contribution is 2.26. The van der Waals surface area contributed by atoms with Crippen molar-refractivity contribution in [3.63, 3.8) is 0 Å². The van der Waals surface area contributed by atoms with Crippen LogP contribution in [0, 0.1) is 0 Å². The van der Waals surface area contributed by atoms with Crippen LogP contribution in [0.25, 0.3) is 0 Å². The van der Waals surface area contributed by atoms with Crippen molar-refractivity contribution in [2.24, 2.45) is 0 Å². The van der Waals surface area contributed by atoms with Crippen LogP contribution < -0.4 is 4.74 Å². The quantitative estimate of drug-likeness (QED) is 0.772. The molecule has 0 N–H and O–H groups in total. The van der Waals surface area contributed by atoms with E-state index in [4.69, 9.17) is 21.1 Å². The number of hydrogen-bond donors (Lipinski definition) is 0. The SMILES string of the molecule is COc1ccc(S(=O)(=O)N2CCCOCC2)c(CCCl)c1. The summed E-state index contributed by atoms with van der Waals surface area (Å²) in [7, 11) is -1.97. The number of rotatable bonds is 5. The zero-order valence-corrected chi connectivity index (χ0v) is 13.6. The van der Waals surface area contributed by atoms with E-state index in [1.54, 1.807) is 25.3 Å². The lowest BCUT2D eigenvalue weighted by atomic mass is 10.1. The third kappa shape index (κ3) is 3.88. The fraction of sp³-hybridized carbons (Fsp3) is 0.571. The van der Waals surface area contributed by atoms with E-state index >= 15 is 0 Å². The molecule has 1 aromatic rings. The van der Waals surface area contributed by atoms with Gasteiger partial charge in [-0.3, -0.25) is 0 Å². The smallest absolute Gasteiger partial charge is 0.243 e. The van der Waals surface area contributed by atoms with Crippen LogP contribution in [0.5, 0.6) is 5.75 Å². The molecule has 0 amide bonds. The van der Waals surface area contributed by atoms with Crippen LogP contribution in [0.3, 0.4) is 0 Å². The topological polar surface area (TPSA) is 55.8 Å². The van der Waals surface area contributed by atoms with Crippen LogP contribution >= 0.6 is 11.6 Å². The molecular weight excluding hydrogens is 314 g/mol. The zero-order chi connectivity index (χ0) is 15.3. The Morgan fingerprint density at radius 3 is 2.86 bits per heavy atom. The van der Waals surface area contributed by atoms with Gasteiger partial charge in [-0.05, 0) is 36.6 Å². The lowest BCUT2D eigenvalue weighted by Gasteiger charge is -2.21. The van der Waals surface area contributed by atoms with E-state index in [9.17, 15) is 8.42 Å². The third-order valence-electron chi connectivity index (χ3n) is 3.43. The highest BCUT2D eigenvalue weighted by molar-refractivity contribution is 7.89. The van der Waals surface area contributed by atoms with Crippen molar-refractivity contribution in [2.45, 2.75) is 17.7 Å². The van der Waals surface area contributed by atoms with E-state index in [2.05, 4.69) is 0 Å². The van der Waals surface area contributed by atoms with E-state index in [1.807, 2.05) is 0 Å². The van der Waals surface area contributed by atoms with Gasteiger partial charge in [-0.15, -0.1) is 11.6 Å². The molecule has 21 heavy (non-hydrogen) atoms. The number of nitrogens with zero attached hydrogens (tertiary/aromatic N) is 1. The average Bonchev–Trinajstić information content (AvgIpc) is 2.77. The van der Waals surface area contributed by atoms with Gasteiger partial charge in [0.25, 0.3) is 0 Å². The summed E-state index contributed by atoms with van der Waals surface area (Å²) in [4.78, 5) is 0.311. The first kappa shape index (κ1) is 16.5. The summed E-state index contributed by atoms with van der Waals surface area (Å²) in [5.41, 5.74) is 0.689. The first-order chi connectivity index (χ1) is 10.1. The van der Waals surface area contributed by atoms with E-state index in [-0.39, 0.29) is 0 Å². The lowest BCUT2D eigenvalue weighted by Crippen LogP contribution is -2.33. The number of ether oxygens (including phenoxy) is 2. The van der Waals surface area contributed by atoms with Crippen LogP contribution in [0.15, 0.2) is 23.1 Å². The number of alkyl halides is 1. The molecule has 0 unspecified atom stereocenters. The van der Waals surface area contributed by atoms with Crippen molar-refractivity contribution in [3.05, 3.63) is 23.8 Å². The van der Waals surface area contributed by atoms with E-state index in [0.29, 0.717) is 61.2 Å². The van der Waals surface area contributed by atoms with Gasteiger partial charge in [0.1, 0.15) is 5.75 Å². The summed E-state index contributed by atoms with van der Waals surface area (Å²) in [5, 5.41) is 0. The molecule has 0 radical (unpaired) electrons. The number of aryl methyl sites for hydroxylation is 1. The van der Waals surface area contributed by atoms with Gasteiger partial charge >= 0.3 is 0 Å². The van der Waals surface area contributed by atoms with E-state index in [0.717, 1.165) is 0 Å². The second kappa shape index (κ2) is 7.45. The summed E-state index contributed by atoms with van der Waals surface area (Å²) in [6, 6.07) is 5.00. The largest absolute Gasteiger partial charge is 0.497 e. The predicted octanol–water partition coefficient (Wildman–Crippen LogP) is 1.89. The summed E-state index contributed by atoms with van der Waals surface area (Å²) in [6.07, 6.45) is 1.19. The van der Waals surface area contributed by atoms with Crippen molar-refractivity contribution in [3.8, 4) is 5.75 Å². The molecule has 5 nitrogen and oxygen atoms in total. The van der Waals surface area contributed by atoms with Gasteiger partial charge in [0.15, 0.2) is 0 Å². The van der Waals surface area contributed by atoms with E-state index in [1.165, 1.54) is 4.31 Å². The molecule has 1 aromatic carbocycles. The Hall–Kier alpha value is -0.820. The number of sulfonamides is 1. The van der Waals surface area contributed by atoms with Gasteiger partial charge in [0.2, 0.25) is 10.0 Å². The Bertz CT molecular complexity index is 568. The summed E-state index contributed by atoms with van der Waals surface area (Å²) in [6.45, 7) is 1.90. The first-order valence-electron chi connectivity index (χ1n) is 6.90. The fourth-order valence-electron chi connectivity index (χ4n) is 2.33. The number of halogens is 1. The fourth-order valence-corrected chi connectivity index (χ4v) is 4.23. The molecule has 1 heterocycles. The molecular formula is C14H20ClNO4S. The molecule has 1 saturated heterocycles. The van der Waals surface area contributed by atoms with Crippen molar-refractivity contribution in [2.75, 3.05) is 39.3 Å². The van der Waals surface area contributed by atoms with Crippen molar-refractivity contribution >= 4 is 21.6 Å². The first-order valence-corrected chi connectivity index (χ1v) is 8.88. The van der Waals surface area contributed by atoms with Gasteiger partial charge in [-0.25, -0.2) is 8.42 Å². The Kier molecular flexibility index (Phi) is 5.87. The molecule has 0 saturated carbocycles. The molecule has 0 aliphatic carbocycles. The predicted molar refractivity (Wildman–Crippen MR) is 81.6 cm³/mol. The molecule has 0 spiro atoms. The lowest BCUT2D eigenvalue weighted by molar-refractivity contribution is 0.148. The monoisotopic (exact) mass is 333 g/mol. The highest BCUT2D eigenvalue weighted by atomic mass is 35.5. The van der Waals surface area contributed by atoms with Gasteiger partial charge in [-0.1, -0.05) is 0 Å². The number of methoxy groups -OCH3 is 1. The minimum Gasteiger partial charge on any atom is -0.497 e. The maximum Gasteiger partial charge on any atom is 0.243 e. The second-order valence-electron chi connectivity index (χ2n) is 4.78. The standard InChI is InChI=1S/C14H20ClNO4S/c1-19-13-3-4-14(12(11-13)5-6-15)21(17,18)16-7-2-9-20-10-8-16/h3-4,11H,2,5-10H2,1H3. The summed E-state index contributed by atoms with van der Waals surface area (Å²) >= 11 is 5.80. The van der Waals surface area contributed by atoms with Crippen molar-refractivity contribution in [1.29, 1.82) is 0 Å². The van der Waals surface area contributed by atoms with Crippen LogP contribution in [-0.2, 0) is 21.2 Å². The molecule has 0 bridgehead atoms. The summed E-state index contributed by atoms with van der Waals surface area (Å²) in [5.74, 6) is 0.993. The minimum absolute atomic E-state index is 0.311. The van der Waals surface area contributed by atoms with Crippen molar-refractivity contribution in [1.82, 2.24) is 4.31 Å². The maximum absolute atomic E-state index is 12.8. The van der Waals surface area contributed by atoms with Gasteiger partial charge in [0, 0.05) is 25.6 Å². The highest BCUT2D eigenvalue weighted by Gasteiger charge is 2.27. The van der Waals surface area contributed by atoms with Gasteiger partial charge in [-0.2, -0.15) is 4.31 Å². The molecule has 2 rings (SSSR count). The molecule has 118 valence electrons. The molecule has 1 aliphatic heterocycles. The average molecular weight is 334 g/mol.